The zero-order chi connectivity index (χ0) is 14.2. The van der Waals surface area contributed by atoms with Gasteiger partial charge in [0.2, 0.25) is 5.91 Å². The van der Waals surface area contributed by atoms with E-state index in [9.17, 15) is 14.7 Å². The monoisotopic (exact) mass is 269 g/mol. The topological polar surface area (TPSA) is 86.9 Å². The van der Waals surface area contributed by atoms with Crippen LogP contribution in [0.5, 0.6) is 0 Å². The number of carbonyl (C=O) groups excluding carboxylic acids is 2. The summed E-state index contributed by atoms with van der Waals surface area (Å²) in [5, 5.41) is 10.2. The smallest absolute Gasteiger partial charge is 0.314 e. The minimum atomic E-state index is -0.742. The molecule has 3 amide bonds. The van der Waals surface area contributed by atoms with Crippen LogP contribution in [-0.4, -0.2) is 58.6 Å². The summed E-state index contributed by atoms with van der Waals surface area (Å²) < 4.78 is 0. The summed E-state index contributed by atoms with van der Waals surface area (Å²) in [7, 11) is 0. The van der Waals surface area contributed by atoms with E-state index in [0.717, 1.165) is 12.8 Å². The molecule has 3 N–H and O–H groups in total. The van der Waals surface area contributed by atoms with E-state index in [1.807, 2.05) is 13.8 Å². The third kappa shape index (κ3) is 2.68. The van der Waals surface area contributed by atoms with Crippen molar-refractivity contribution >= 4 is 11.9 Å². The molecule has 0 aliphatic carbocycles. The van der Waals surface area contributed by atoms with E-state index >= 15 is 0 Å². The fourth-order valence-electron chi connectivity index (χ4n) is 2.77. The number of urea groups is 1. The van der Waals surface area contributed by atoms with Crippen molar-refractivity contribution in [2.45, 2.75) is 32.3 Å². The quantitative estimate of drug-likeness (QED) is 0.740. The molecule has 2 fully saturated rings. The molecule has 0 saturated carbocycles. The molecule has 2 heterocycles. The first-order valence-corrected chi connectivity index (χ1v) is 6.89. The Balaban J connectivity index is 1.90. The largest absolute Gasteiger partial charge is 0.386 e. The fraction of sp³-hybridized carbons (Fsp3) is 0.846. The van der Waals surface area contributed by atoms with Crippen LogP contribution < -0.4 is 5.73 Å². The van der Waals surface area contributed by atoms with Gasteiger partial charge in [0.1, 0.15) is 5.60 Å². The highest BCUT2D eigenvalue weighted by atomic mass is 16.3. The van der Waals surface area contributed by atoms with Gasteiger partial charge in [0, 0.05) is 13.1 Å². The molecule has 2 aliphatic rings. The van der Waals surface area contributed by atoms with Gasteiger partial charge in [-0.3, -0.25) is 4.79 Å². The van der Waals surface area contributed by atoms with Crippen molar-refractivity contribution in [1.29, 1.82) is 0 Å². The van der Waals surface area contributed by atoms with Gasteiger partial charge < -0.3 is 20.6 Å². The number of hydrogen-bond acceptors (Lipinski definition) is 3. The summed E-state index contributed by atoms with van der Waals surface area (Å²) in [4.78, 5) is 26.7. The average Bonchev–Trinajstić information content (AvgIpc) is 2.34. The number of likely N-dealkylation sites (tertiary alicyclic amines) is 2. The molecule has 2 aliphatic heterocycles. The highest BCUT2D eigenvalue weighted by Gasteiger charge is 2.47. The van der Waals surface area contributed by atoms with Crippen LogP contribution in [0.4, 0.5) is 4.79 Å². The first kappa shape index (κ1) is 14.1. The molecule has 2 saturated heterocycles. The minimum absolute atomic E-state index is 0.0382. The summed E-state index contributed by atoms with van der Waals surface area (Å²) in [6.07, 6.45) is 1.60. The zero-order valence-electron chi connectivity index (χ0n) is 11.6. The zero-order valence-corrected chi connectivity index (χ0v) is 11.6. The average molecular weight is 269 g/mol. The van der Waals surface area contributed by atoms with Gasteiger partial charge in [-0.1, -0.05) is 13.8 Å². The van der Waals surface area contributed by atoms with E-state index in [-0.39, 0.29) is 17.7 Å². The van der Waals surface area contributed by atoms with E-state index in [1.165, 1.54) is 4.90 Å². The van der Waals surface area contributed by atoms with Gasteiger partial charge in [-0.15, -0.1) is 0 Å². The van der Waals surface area contributed by atoms with Gasteiger partial charge in [-0.2, -0.15) is 0 Å². The maximum absolute atomic E-state index is 12.3. The highest BCUT2D eigenvalue weighted by molar-refractivity contribution is 5.81. The Labute approximate surface area is 113 Å². The number of piperidine rings is 1. The maximum Gasteiger partial charge on any atom is 0.314 e. The van der Waals surface area contributed by atoms with Crippen molar-refractivity contribution in [2.75, 3.05) is 26.2 Å². The number of nitrogens with zero attached hydrogens (tertiary/aromatic N) is 2. The lowest BCUT2D eigenvalue weighted by atomic mass is 9.81. The number of rotatable bonds is 2. The second-order valence-electron chi connectivity index (χ2n) is 6.08. The molecular formula is C13H23N3O3. The Kier molecular flexibility index (Phi) is 3.71. The summed E-state index contributed by atoms with van der Waals surface area (Å²) in [6.45, 7) is 5.75. The van der Waals surface area contributed by atoms with Gasteiger partial charge in [0.25, 0.3) is 0 Å². The van der Waals surface area contributed by atoms with Crippen LogP contribution in [0.2, 0.25) is 0 Å². The molecule has 0 radical (unpaired) electrons. The van der Waals surface area contributed by atoms with Crippen molar-refractivity contribution in [1.82, 2.24) is 9.80 Å². The molecule has 0 spiro atoms. The summed E-state index contributed by atoms with van der Waals surface area (Å²) >= 11 is 0. The van der Waals surface area contributed by atoms with Gasteiger partial charge in [-0.05, 0) is 18.8 Å². The molecule has 6 nitrogen and oxygen atoms in total. The van der Waals surface area contributed by atoms with Crippen molar-refractivity contribution in [3.8, 4) is 0 Å². The Morgan fingerprint density at radius 1 is 1.32 bits per heavy atom. The molecule has 0 bridgehead atoms. The Bertz CT molecular complexity index is 377. The van der Waals surface area contributed by atoms with Crippen molar-refractivity contribution < 1.29 is 14.7 Å². The van der Waals surface area contributed by atoms with E-state index < -0.39 is 11.6 Å². The first-order chi connectivity index (χ1) is 8.83. The molecule has 6 heteroatoms. The van der Waals surface area contributed by atoms with Crippen LogP contribution in [0.25, 0.3) is 0 Å². The summed E-state index contributed by atoms with van der Waals surface area (Å²) in [6, 6.07) is -0.459. The molecule has 19 heavy (non-hydrogen) atoms. The van der Waals surface area contributed by atoms with E-state index in [4.69, 9.17) is 5.73 Å². The SMILES string of the molecule is CC(C)C1(O)CN(C(=O)C2CCCN(C(N)=O)C2)C1. The van der Waals surface area contributed by atoms with Crippen LogP contribution in [-0.2, 0) is 4.79 Å². The molecule has 108 valence electrons. The second kappa shape index (κ2) is 5.00. The lowest BCUT2D eigenvalue weighted by molar-refractivity contribution is -0.168. The van der Waals surface area contributed by atoms with E-state index in [0.29, 0.717) is 26.2 Å². The third-order valence-electron chi connectivity index (χ3n) is 4.40. The standard InChI is InChI=1S/C13H23N3O3/c1-9(2)13(19)7-16(8-13)11(17)10-4-3-5-15(6-10)12(14)18/h9-10,19H,3-8H2,1-2H3,(H2,14,18). The van der Waals surface area contributed by atoms with Gasteiger partial charge in [0.15, 0.2) is 0 Å². The number of carbonyl (C=O) groups is 2. The number of β-amino-alcohol motifs (C(OH)–C–C–N with tert-alkyl or cyclic N) is 1. The fourth-order valence-corrected chi connectivity index (χ4v) is 2.77. The molecule has 2 rings (SSSR count). The number of nitrogens with two attached hydrogens (primary N) is 1. The Hall–Kier alpha value is -1.30. The normalized spacial score (nSPS) is 26.2. The first-order valence-electron chi connectivity index (χ1n) is 6.89. The predicted molar refractivity (Wildman–Crippen MR) is 70.2 cm³/mol. The van der Waals surface area contributed by atoms with Crippen LogP contribution in [0.15, 0.2) is 0 Å². The van der Waals surface area contributed by atoms with Crippen LogP contribution in [0.3, 0.4) is 0 Å². The van der Waals surface area contributed by atoms with Gasteiger partial charge in [-0.25, -0.2) is 4.79 Å². The predicted octanol–water partition coefficient (Wildman–Crippen LogP) is 0.00640. The van der Waals surface area contributed by atoms with Gasteiger partial charge in [0.05, 0.1) is 19.0 Å². The summed E-state index contributed by atoms with van der Waals surface area (Å²) in [5.41, 5.74) is 4.51. The van der Waals surface area contributed by atoms with Crippen LogP contribution in [0.1, 0.15) is 26.7 Å². The van der Waals surface area contributed by atoms with Crippen molar-refractivity contribution in [2.24, 2.45) is 17.6 Å². The molecule has 0 aromatic rings. The molecule has 1 unspecified atom stereocenters. The van der Waals surface area contributed by atoms with Crippen LogP contribution >= 0.6 is 0 Å². The lowest BCUT2D eigenvalue weighted by Crippen LogP contribution is -2.67. The number of hydrogen-bond donors (Lipinski definition) is 2. The third-order valence-corrected chi connectivity index (χ3v) is 4.40. The van der Waals surface area contributed by atoms with Gasteiger partial charge >= 0.3 is 6.03 Å². The number of aliphatic hydroxyl groups is 1. The Morgan fingerprint density at radius 3 is 2.47 bits per heavy atom. The number of amides is 3. The summed E-state index contributed by atoms with van der Waals surface area (Å²) in [5.74, 6) is 0.0132. The molecule has 0 aromatic heterocycles. The van der Waals surface area contributed by atoms with Crippen molar-refractivity contribution in [3.05, 3.63) is 0 Å². The molecule has 1 atom stereocenters. The maximum atomic E-state index is 12.3. The van der Waals surface area contributed by atoms with Crippen molar-refractivity contribution in [3.63, 3.8) is 0 Å². The van der Waals surface area contributed by atoms with E-state index in [1.54, 1.807) is 4.90 Å². The Morgan fingerprint density at radius 2 is 1.95 bits per heavy atom. The molecule has 0 aromatic carbocycles. The highest BCUT2D eigenvalue weighted by Crippen LogP contribution is 2.31. The van der Waals surface area contributed by atoms with Crippen LogP contribution in [0, 0.1) is 11.8 Å². The second-order valence-corrected chi connectivity index (χ2v) is 6.08. The minimum Gasteiger partial charge on any atom is -0.386 e. The molecular weight excluding hydrogens is 246 g/mol. The number of primary amides is 1. The lowest BCUT2D eigenvalue weighted by Gasteiger charge is -2.50. The van der Waals surface area contributed by atoms with E-state index in [2.05, 4.69) is 0 Å².